The van der Waals surface area contributed by atoms with Crippen molar-refractivity contribution in [3.63, 3.8) is 0 Å². The zero-order valence-corrected chi connectivity index (χ0v) is 10.6. The summed E-state index contributed by atoms with van der Waals surface area (Å²) in [7, 11) is 0. The second-order valence-corrected chi connectivity index (χ2v) is 4.75. The Morgan fingerprint density at radius 1 is 1.47 bits per heavy atom. The lowest BCUT2D eigenvalue weighted by atomic mass is 9.98. The molecule has 1 unspecified atom stereocenters. The number of nitrogens with two attached hydrogens (primary N) is 1. The molecular formula is C13H15N5O. The van der Waals surface area contributed by atoms with Crippen molar-refractivity contribution in [2.24, 2.45) is 5.73 Å². The molecule has 19 heavy (non-hydrogen) atoms. The van der Waals surface area contributed by atoms with Gasteiger partial charge in [-0.05, 0) is 25.0 Å². The molecule has 1 aliphatic rings. The number of aromatic nitrogens is 3. The van der Waals surface area contributed by atoms with Gasteiger partial charge in [0.15, 0.2) is 0 Å². The summed E-state index contributed by atoms with van der Waals surface area (Å²) in [5.41, 5.74) is 8.00. The summed E-state index contributed by atoms with van der Waals surface area (Å²) in [5, 5.41) is 6.60. The number of aryl methyl sites for hydroxylation is 1. The molecular weight excluding hydrogens is 242 g/mol. The summed E-state index contributed by atoms with van der Waals surface area (Å²) in [6.45, 7) is 2.25. The molecule has 1 aliphatic heterocycles. The fraction of sp³-hybridized carbons (Fsp3) is 0.308. The molecule has 0 saturated heterocycles. The summed E-state index contributed by atoms with van der Waals surface area (Å²) in [4.78, 5) is 18.2. The molecule has 0 aliphatic carbocycles. The number of fused-ring (bicyclic) bond motifs is 1. The number of aromatic amines is 1. The molecule has 0 saturated carbocycles. The molecule has 0 fully saturated rings. The van der Waals surface area contributed by atoms with Gasteiger partial charge < -0.3 is 10.6 Å². The molecule has 2 heterocycles. The molecule has 2 aromatic rings. The van der Waals surface area contributed by atoms with Crippen LogP contribution in [0.2, 0.25) is 0 Å². The van der Waals surface area contributed by atoms with Crippen LogP contribution in [0.3, 0.4) is 0 Å². The largest absolute Gasteiger partial charge is 0.326 e. The summed E-state index contributed by atoms with van der Waals surface area (Å²) in [5.74, 6) is 0.589. The van der Waals surface area contributed by atoms with Gasteiger partial charge in [-0.25, -0.2) is 4.98 Å². The van der Waals surface area contributed by atoms with Gasteiger partial charge >= 0.3 is 0 Å². The Hall–Kier alpha value is -2.21. The van der Waals surface area contributed by atoms with E-state index in [0.717, 1.165) is 17.7 Å². The van der Waals surface area contributed by atoms with Crippen LogP contribution in [0.25, 0.3) is 0 Å². The predicted octanol–water partition coefficient (Wildman–Crippen LogP) is 0.643. The number of carbonyl (C=O) groups is 1. The number of rotatable bonds is 1. The Kier molecular flexibility index (Phi) is 2.79. The number of carbonyl (C=O) groups excluding carboxylic acids is 1. The van der Waals surface area contributed by atoms with Crippen LogP contribution >= 0.6 is 0 Å². The molecule has 6 heteroatoms. The molecule has 3 N–H and O–H groups in total. The molecule has 0 radical (unpaired) electrons. The highest BCUT2D eigenvalue weighted by Gasteiger charge is 2.29. The van der Waals surface area contributed by atoms with Crippen molar-refractivity contribution in [1.82, 2.24) is 15.2 Å². The zero-order valence-electron chi connectivity index (χ0n) is 10.6. The summed E-state index contributed by atoms with van der Waals surface area (Å²) in [6.07, 6.45) is 0.785. The van der Waals surface area contributed by atoms with Gasteiger partial charge in [-0.3, -0.25) is 9.89 Å². The van der Waals surface area contributed by atoms with Gasteiger partial charge in [0.25, 0.3) is 5.91 Å². The molecule has 1 aromatic heterocycles. The van der Waals surface area contributed by atoms with Gasteiger partial charge in [0.2, 0.25) is 5.82 Å². The zero-order chi connectivity index (χ0) is 13.4. The highest BCUT2D eigenvalue weighted by molar-refractivity contribution is 6.04. The summed E-state index contributed by atoms with van der Waals surface area (Å²) >= 11 is 0. The first-order valence-corrected chi connectivity index (χ1v) is 6.19. The van der Waals surface area contributed by atoms with E-state index in [-0.39, 0.29) is 17.8 Å². The van der Waals surface area contributed by atoms with Gasteiger partial charge in [0.05, 0.1) is 0 Å². The van der Waals surface area contributed by atoms with E-state index in [1.807, 2.05) is 24.3 Å². The Bertz CT molecular complexity index is 621. The minimum atomic E-state index is -0.216. The predicted molar refractivity (Wildman–Crippen MR) is 70.9 cm³/mol. The third kappa shape index (κ3) is 2.10. The molecule has 1 amide bonds. The lowest BCUT2D eigenvalue weighted by Crippen LogP contribution is -2.46. The van der Waals surface area contributed by atoms with Crippen molar-refractivity contribution in [3.05, 3.63) is 41.5 Å². The Balaban J connectivity index is 1.99. The number of nitrogens with zero attached hydrogens (tertiary/aromatic N) is 3. The van der Waals surface area contributed by atoms with Crippen LogP contribution in [0.4, 0.5) is 5.69 Å². The molecule has 1 aromatic carbocycles. The van der Waals surface area contributed by atoms with Crippen molar-refractivity contribution in [1.29, 1.82) is 0 Å². The highest BCUT2D eigenvalue weighted by Crippen LogP contribution is 2.27. The van der Waals surface area contributed by atoms with Crippen LogP contribution in [0.15, 0.2) is 24.3 Å². The van der Waals surface area contributed by atoms with Gasteiger partial charge in [0.1, 0.15) is 5.82 Å². The monoisotopic (exact) mass is 257 g/mol. The second-order valence-electron chi connectivity index (χ2n) is 4.75. The van der Waals surface area contributed by atoms with E-state index >= 15 is 0 Å². The third-order valence-electron chi connectivity index (χ3n) is 3.22. The lowest BCUT2D eigenvalue weighted by molar-refractivity contribution is 0.0974. The van der Waals surface area contributed by atoms with Crippen molar-refractivity contribution in [3.8, 4) is 0 Å². The summed E-state index contributed by atoms with van der Waals surface area (Å²) in [6, 6.07) is 7.74. The number of nitrogens with one attached hydrogen (secondary N) is 1. The van der Waals surface area contributed by atoms with E-state index in [0.29, 0.717) is 12.4 Å². The van der Waals surface area contributed by atoms with Crippen molar-refractivity contribution in [2.45, 2.75) is 19.4 Å². The molecule has 6 nitrogen and oxygen atoms in total. The first kappa shape index (κ1) is 11.9. The average Bonchev–Trinajstić information content (AvgIpc) is 2.83. The number of H-pyrrole nitrogens is 1. The van der Waals surface area contributed by atoms with E-state index in [2.05, 4.69) is 15.2 Å². The van der Waals surface area contributed by atoms with Gasteiger partial charge in [0, 0.05) is 18.3 Å². The molecule has 98 valence electrons. The maximum atomic E-state index is 12.4. The fourth-order valence-electron chi connectivity index (χ4n) is 2.38. The van der Waals surface area contributed by atoms with Crippen LogP contribution in [-0.4, -0.2) is 33.7 Å². The van der Waals surface area contributed by atoms with E-state index in [4.69, 9.17) is 5.73 Å². The number of amides is 1. The summed E-state index contributed by atoms with van der Waals surface area (Å²) < 4.78 is 0. The van der Waals surface area contributed by atoms with E-state index in [1.54, 1.807) is 11.8 Å². The van der Waals surface area contributed by atoms with Crippen LogP contribution in [0.5, 0.6) is 0 Å². The van der Waals surface area contributed by atoms with Crippen molar-refractivity contribution >= 4 is 11.6 Å². The van der Waals surface area contributed by atoms with Crippen LogP contribution in [-0.2, 0) is 6.42 Å². The first-order valence-electron chi connectivity index (χ1n) is 6.19. The number of benzene rings is 1. The standard InChI is InChI=1S/C13H15N5O/c1-8-15-12(17-16-8)13(19)18-7-10(14)6-9-4-2-3-5-11(9)18/h2-5,10H,6-7,14H2,1H3,(H,15,16,17). The Labute approximate surface area is 110 Å². The molecule has 1 atom stereocenters. The maximum Gasteiger partial charge on any atom is 0.297 e. The Morgan fingerprint density at radius 2 is 2.26 bits per heavy atom. The number of hydrogen-bond donors (Lipinski definition) is 2. The second kappa shape index (κ2) is 4.47. The van der Waals surface area contributed by atoms with Crippen LogP contribution < -0.4 is 10.6 Å². The molecule has 3 rings (SSSR count). The smallest absolute Gasteiger partial charge is 0.297 e. The average molecular weight is 257 g/mol. The van der Waals surface area contributed by atoms with E-state index in [1.165, 1.54) is 0 Å². The quantitative estimate of drug-likeness (QED) is 0.785. The van der Waals surface area contributed by atoms with Gasteiger partial charge in [-0.15, -0.1) is 5.10 Å². The fourth-order valence-corrected chi connectivity index (χ4v) is 2.38. The van der Waals surface area contributed by atoms with Crippen LogP contribution in [0, 0.1) is 6.92 Å². The van der Waals surface area contributed by atoms with Crippen molar-refractivity contribution < 1.29 is 4.79 Å². The van der Waals surface area contributed by atoms with Gasteiger partial charge in [-0.1, -0.05) is 18.2 Å². The van der Waals surface area contributed by atoms with Gasteiger partial charge in [-0.2, -0.15) is 0 Å². The Morgan fingerprint density at radius 3 is 3.00 bits per heavy atom. The number of anilines is 1. The minimum Gasteiger partial charge on any atom is -0.326 e. The minimum absolute atomic E-state index is 0.0566. The van der Waals surface area contributed by atoms with E-state index < -0.39 is 0 Å². The van der Waals surface area contributed by atoms with E-state index in [9.17, 15) is 4.79 Å². The number of hydrogen-bond acceptors (Lipinski definition) is 4. The van der Waals surface area contributed by atoms with Crippen LogP contribution in [0.1, 0.15) is 22.0 Å². The SMILES string of the molecule is Cc1nc(C(=O)N2CC(N)Cc3ccccc32)n[nH]1. The third-order valence-corrected chi connectivity index (χ3v) is 3.22. The van der Waals surface area contributed by atoms with Crippen molar-refractivity contribution in [2.75, 3.05) is 11.4 Å². The molecule has 0 spiro atoms. The first-order chi connectivity index (χ1) is 9.15. The lowest BCUT2D eigenvalue weighted by Gasteiger charge is -2.32. The normalized spacial score (nSPS) is 18.2. The topological polar surface area (TPSA) is 87.9 Å². The maximum absolute atomic E-state index is 12.4. The molecule has 0 bridgehead atoms. The number of para-hydroxylation sites is 1. The highest BCUT2D eigenvalue weighted by atomic mass is 16.2.